The van der Waals surface area contributed by atoms with E-state index in [1.807, 2.05) is 0 Å². The highest BCUT2D eigenvalue weighted by molar-refractivity contribution is 5.55. The lowest BCUT2D eigenvalue weighted by molar-refractivity contribution is 0.379. The van der Waals surface area contributed by atoms with Crippen LogP contribution in [0.15, 0.2) is 18.5 Å². The molecule has 0 fully saturated rings. The maximum absolute atomic E-state index is 13.0. The molecule has 0 aliphatic carbocycles. The minimum Gasteiger partial charge on any atom is -0.467 e. The zero-order valence-corrected chi connectivity index (χ0v) is 9.31. The Bertz CT molecular complexity index is 512. The van der Waals surface area contributed by atoms with Gasteiger partial charge in [0.05, 0.1) is 13.3 Å². The van der Waals surface area contributed by atoms with Gasteiger partial charge in [0.1, 0.15) is 5.82 Å². The summed E-state index contributed by atoms with van der Waals surface area (Å²) < 4.78 is 18.0. The summed E-state index contributed by atoms with van der Waals surface area (Å²) in [5, 5.41) is 2.77. The molecule has 0 aliphatic rings. The first-order valence-electron chi connectivity index (χ1n) is 4.81. The Hall–Kier alpha value is -2.31. The van der Waals surface area contributed by atoms with Crippen molar-refractivity contribution in [3.05, 3.63) is 24.3 Å². The van der Waals surface area contributed by atoms with Gasteiger partial charge in [0.2, 0.25) is 5.95 Å². The molecule has 88 valence electrons. The second-order valence-electron chi connectivity index (χ2n) is 3.11. The summed E-state index contributed by atoms with van der Waals surface area (Å²) in [7, 11) is 3.12. The zero-order valence-electron chi connectivity index (χ0n) is 9.31. The van der Waals surface area contributed by atoms with Gasteiger partial charge in [-0.1, -0.05) is 0 Å². The highest BCUT2D eigenvalue weighted by Crippen LogP contribution is 2.18. The smallest absolute Gasteiger partial charge is 0.321 e. The quantitative estimate of drug-likeness (QED) is 0.859. The monoisotopic (exact) mass is 235 g/mol. The Morgan fingerprint density at radius 1 is 1.24 bits per heavy atom. The minimum atomic E-state index is -0.451. The van der Waals surface area contributed by atoms with Crippen LogP contribution in [0.2, 0.25) is 0 Å². The minimum absolute atomic E-state index is 0.156. The van der Waals surface area contributed by atoms with Crippen LogP contribution >= 0.6 is 0 Å². The van der Waals surface area contributed by atoms with Crippen LogP contribution < -0.4 is 10.1 Å². The molecular formula is C10H10FN5O. The van der Waals surface area contributed by atoms with E-state index in [-0.39, 0.29) is 6.01 Å². The molecule has 2 aromatic rings. The first kappa shape index (κ1) is 11.2. The number of anilines is 1. The molecule has 0 amide bonds. The predicted molar refractivity (Wildman–Crippen MR) is 59.1 cm³/mol. The van der Waals surface area contributed by atoms with Crippen molar-refractivity contribution in [1.82, 2.24) is 19.9 Å². The molecule has 0 bridgehead atoms. The lowest BCUT2D eigenvalue weighted by atomic mass is 10.2. The number of methoxy groups -OCH3 is 1. The summed E-state index contributed by atoms with van der Waals surface area (Å²) in [6.07, 6.45) is 2.58. The predicted octanol–water partition coefficient (Wildman–Crippen LogP) is 1.12. The molecule has 2 heterocycles. The lowest BCUT2D eigenvalue weighted by Gasteiger charge is -2.05. The van der Waals surface area contributed by atoms with Crippen molar-refractivity contribution in [1.29, 1.82) is 0 Å². The Morgan fingerprint density at radius 3 is 2.71 bits per heavy atom. The van der Waals surface area contributed by atoms with Crippen molar-refractivity contribution >= 4 is 5.95 Å². The maximum Gasteiger partial charge on any atom is 0.321 e. The third kappa shape index (κ3) is 2.44. The lowest BCUT2D eigenvalue weighted by Crippen LogP contribution is -2.03. The normalized spacial score (nSPS) is 10.1. The molecule has 0 saturated carbocycles. The molecule has 0 aromatic carbocycles. The van der Waals surface area contributed by atoms with Gasteiger partial charge in [0.25, 0.3) is 0 Å². The summed E-state index contributed by atoms with van der Waals surface area (Å²) in [4.78, 5) is 15.8. The van der Waals surface area contributed by atoms with Crippen molar-refractivity contribution in [3.63, 3.8) is 0 Å². The standard InChI is InChI=1S/C10H10FN5O/c1-12-9-14-8(15-10(16-9)17-2)6-3-7(11)5-13-4-6/h3-5H,1-2H3,(H,12,14,15,16). The van der Waals surface area contributed by atoms with Gasteiger partial charge in [0.15, 0.2) is 5.82 Å². The van der Waals surface area contributed by atoms with E-state index in [0.29, 0.717) is 17.3 Å². The Labute approximate surface area is 96.9 Å². The summed E-state index contributed by atoms with van der Waals surface area (Å²) in [6.45, 7) is 0. The van der Waals surface area contributed by atoms with E-state index >= 15 is 0 Å². The first-order valence-corrected chi connectivity index (χ1v) is 4.81. The number of nitrogens with one attached hydrogen (secondary N) is 1. The van der Waals surface area contributed by atoms with Gasteiger partial charge in [-0.05, 0) is 6.07 Å². The van der Waals surface area contributed by atoms with Crippen LogP contribution in [0.4, 0.5) is 10.3 Å². The van der Waals surface area contributed by atoms with Crippen molar-refractivity contribution < 1.29 is 9.13 Å². The molecule has 2 aromatic heterocycles. The fourth-order valence-electron chi connectivity index (χ4n) is 1.22. The van der Waals surface area contributed by atoms with Gasteiger partial charge in [0, 0.05) is 18.8 Å². The molecule has 17 heavy (non-hydrogen) atoms. The van der Waals surface area contributed by atoms with E-state index in [0.717, 1.165) is 6.20 Å². The Balaban J connectivity index is 2.50. The summed E-state index contributed by atoms with van der Waals surface area (Å²) in [6, 6.07) is 1.45. The largest absolute Gasteiger partial charge is 0.467 e. The van der Waals surface area contributed by atoms with E-state index in [1.54, 1.807) is 7.05 Å². The van der Waals surface area contributed by atoms with E-state index in [1.165, 1.54) is 19.4 Å². The molecular weight excluding hydrogens is 225 g/mol. The number of nitrogens with zero attached hydrogens (tertiary/aromatic N) is 4. The van der Waals surface area contributed by atoms with E-state index in [9.17, 15) is 4.39 Å². The third-order valence-corrected chi connectivity index (χ3v) is 1.98. The van der Waals surface area contributed by atoms with Gasteiger partial charge in [-0.25, -0.2) is 4.39 Å². The first-order chi connectivity index (χ1) is 8.22. The van der Waals surface area contributed by atoms with E-state index in [4.69, 9.17) is 4.74 Å². The van der Waals surface area contributed by atoms with Crippen molar-refractivity contribution in [3.8, 4) is 17.4 Å². The van der Waals surface area contributed by atoms with Crippen LogP contribution in [0.5, 0.6) is 6.01 Å². The molecule has 2 rings (SSSR count). The highest BCUT2D eigenvalue weighted by atomic mass is 19.1. The second-order valence-corrected chi connectivity index (χ2v) is 3.11. The molecule has 0 unspecified atom stereocenters. The number of hydrogen-bond donors (Lipinski definition) is 1. The van der Waals surface area contributed by atoms with Gasteiger partial charge in [-0.15, -0.1) is 0 Å². The Morgan fingerprint density at radius 2 is 2.06 bits per heavy atom. The number of aromatic nitrogens is 4. The summed E-state index contributed by atoms with van der Waals surface area (Å²) >= 11 is 0. The number of rotatable bonds is 3. The van der Waals surface area contributed by atoms with Crippen molar-refractivity contribution in [2.75, 3.05) is 19.5 Å². The summed E-state index contributed by atoms with van der Waals surface area (Å²) in [5.41, 5.74) is 0.460. The fourth-order valence-corrected chi connectivity index (χ4v) is 1.22. The zero-order chi connectivity index (χ0) is 12.3. The average Bonchev–Trinajstić information content (AvgIpc) is 2.38. The number of ether oxygens (including phenoxy) is 1. The van der Waals surface area contributed by atoms with Crippen molar-refractivity contribution in [2.24, 2.45) is 0 Å². The average molecular weight is 235 g/mol. The number of pyridine rings is 1. The topological polar surface area (TPSA) is 72.8 Å². The van der Waals surface area contributed by atoms with Gasteiger partial charge in [-0.2, -0.15) is 15.0 Å². The van der Waals surface area contributed by atoms with Crippen LogP contribution in [0.1, 0.15) is 0 Å². The SMILES string of the molecule is CNc1nc(OC)nc(-c2cncc(F)c2)n1. The Kier molecular flexibility index (Phi) is 3.08. The second kappa shape index (κ2) is 4.69. The molecule has 6 nitrogen and oxygen atoms in total. The van der Waals surface area contributed by atoms with E-state index < -0.39 is 5.82 Å². The van der Waals surface area contributed by atoms with Crippen LogP contribution in [0.25, 0.3) is 11.4 Å². The van der Waals surface area contributed by atoms with Crippen LogP contribution in [-0.4, -0.2) is 34.1 Å². The van der Waals surface area contributed by atoms with Crippen molar-refractivity contribution in [2.45, 2.75) is 0 Å². The molecule has 0 spiro atoms. The molecule has 0 saturated heterocycles. The fraction of sp³-hybridized carbons (Fsp3) is 0.200. The molecule has 0 radical (unpaired) electrons. The van der Waals surface area contributed by atoms with Crippen LogP contribution in [-0.2, 0) is 0 Å². The van der Waals surface area contributed by atoms with Crippen LogP contribution in [0.3, 0.4) is 0 Å². The third-order valence-electron chi connectivity index (χ3n) is 1.98. The molecule has 1 N–H and O–H groups in total. The highest BCUT2D eigenvalue weighted by Gasteiger charge is 2.08. The maximum atomic E-state index is 13.0. The number of hydrogen-bond acceptors (Lipinski definition) is 6. The molecule has 0 aliphatic heterocycles. The molecule has 7 heteroatoms. The summed E-state index contributed by atoms with van der Waals surface area (Å²) in [5.74, 6) is 0.192. The van der Waals surface area contributed by atoms with E-state index in [2.05, 4.69) is 25.3 Å². The van der Waals surface area contributed by atoms with Gasteiger partial charge >= 0.3 is 6.01 Å². The van der Waals surface area contributed by atoms with Crippen LogP contribution in [0, 0.1) is 5.82 Å². The van der Waals surface area contributed by atoms with Gasteiger partial charge in [-0.3, -0.25) is 4.98 Å². The number of halogens is 1. The van der Waals surface area contributed by atoms with Gasteiger partial charge < -0.3 is 10.1 Å². The molecule has 0 atom stereocenters.